The van der Waals surface area contributed by atoms with Crippen LogP contribution in [0.1, 0.15) is 38.3 Å². The van der Waals surface area contributed by atoms with E-state index < -0.39 is 6.29 Å². The third kappa shape index (κ3) is 3.55. The number of nitrogens with zero attached hydrogens (tertiary/aromatic N) is 1. The first-order valence-electron chi connectivity index (χ1n) is 6.48. The van der Waals surface area contributed by atoms with Crippen molar-refractivity contribution in [3.05, 3.63) is 35.9 Å². The number of hydrogen-bond donors (Lipinski definition) is 2. The van der Waals surface area contributed by atoms with Gasteiger partial charge in [0.2, 0.25) is 0 Å². The molecular formula is C15H25NO2. The molecule has 0 spiro atoms. The van der Waals surface area contributed by atoms with Gasteiger partial charge in [-0.25, -0.2) is 0 Å². The second-order valence-corrected chi connectivity index (χ2v) is 5.47. The SMILES string of the molecule is CCC(C)(CC(O)O)C(c1ccccc1)N(C)C. The van der Waals surface area contributed by atoms with E-state index in [1.54, 1.807) is 0 Å². The maximum Gasteiger partial charge on any atom is 0.152 e. The van der Waals surface area contributed by atoms with E-state index in [9.17, 15) is 10.2 Å². The lowest BCUT2D eigenvalue weighted by molar-refractivity contribution is -0.0846. The molecule has 0 saturated carbocycles. The van der Waals surface area contributed by atoms with Gasteiger partial charge in [-0.15, -0.1) is 0 Å². The van der Waals surface area contributed by atoms with E-state index in [2.05, 4.69) is 30.9 Å². The molecule has 1 aromatic rings. The highest BCUT2D eigenvalue weighted by Crippen LogP contribution is 2.43. The molecule has 1 rings (SSSR count). The summed E-state index contributed by atoms with van der Waals surface area (Å²) in [5.74, 6) is 0. The molecule has 2 unspecified atom stereocenters. The third-order valence-corrected chi connectivity index (χ3v) is 3.75. The Labute approximate surface area is 110 Å². The van der Waals surface area contributed by atoms with Crippen LogP contribution >= 0.6 is 0 Å². The number of aliphatic hydroxyl groups excluding tert-OH is 1. The Hall–Kier alpha value is -0.900. The van der Waals surface area contributed by atoms with Crippen LogP contribution in [0, 0.1) is 5.41 Å². The van der Waals surface area contributed by atoms with Crippen molar-refractivity contribution in [1.82, 2.24) is 4.90 Å². The topological polar surface area (TPSA) is 43.7 Å². The van der Waals surface area contributed by atoms with Crippen LogP contribution in [-0.4, -0.2) is 35.5 Å². The predicted octanol–water partition coefficient (Wildman–Crippen LogP) is 2.41. The van der Waals surface area contributed by atoms with Crippen molar-refractivity contribution in [3.63, 3.8) is 0 Å². The van der Waals surface area contributed by atoms with E-state index in [4.69, 9.17) is 0 Å². The van der Waals surface area contributed by atoms with Gasteiger partial charge < -0.3 is 15.1 Å². The molecule has 0 amide bonds. The Balaban J connectivity index is 3.10. The molecule has 102 valence electrons. The van der Waals surface area contributed by atoms with Crippen LogP contribution in [-0.2, 0) is 0 Å². The first-order chi connectivity index (χ1) is 8.40. The third-order valence-electron chi connectivity index (χ3n) is 3.75. The summed E-state index contributed by atoms with van der Waals surface area (Å²) in [6.45, 7) is 4.21. The summed E-state index contributed by atoms with van der Waals surface area (Å²) in [5.41, 5.74) is 1.05. The standard InChI is InChI=1S/C15H25NO2/c1-5-15(2,11-13(17)18)14(16(3)4)12-9-7-6-8-10-12/h6-10,13-14,17-18H,5,11H2,1-4H3. The van der Waals surface area contributed by atoms with Gasteiger partial charge in [-0.1, -0.05) is 44.2 Å². The molecule has 3 heteroatoms. The van der Waals surface area contributed by atoms with Crippen LogP contribution in [0.3, 0.4) is 0 Å². The fourth-order valence-corrected chi connectivity index (χ4v) is 2.83. The van der Waals surface area contributed by atoms with Gasteiger partial charge in [0, 0.05) is 12.5 Å². The zero-order valence-corrected chi connectivity index (χ0v) is 11.8. The highest BCUT2D eigenvalue weighted by atomic mass is 16.5. The van der Waals surface area contributed by atoms with Crippen LogP contribution in [0.2, 0.25) is 0 Å². The molecule has 0 aliphatic carbocycles. The number of aliphatic hydroxyl groups is 2. The molecule has 0 heterocycles. The molecule has 18 heavy (non-hydrogen) atoms. The van der Waals surface area contributed by atoms with Crippen molar-refractivity contribution in [3.8, 4) is 0 Å². The van der Waals surface area contributed by atoms with Gasteiger partial charge in [-0.05, 0) is 31.5 Å². The zero-order chi connectivity index (χ0) is 13.8. The fraction of sp³-hybridized carbons (Fsp3) is 0.600. The Kier molecular flexibility index (Phi) is 5.32. The highest BCUT2D eigenvalue weighted by Gasteiger charge is 2.36. The van der Waals surface area contributed by atoms with Crippen molar-refractivity contribution < 1.29 is 10.2 Å². The van der Waals surface area contributed by atoms with Gasteiger partial charge in [0.25, 0.3) is 0 Å². The van der Waals surface area contributed by atoms with E-state index in [0.29, 0.717) is 6.42 Å². The van der Waals surface area contributed by atoms with Gasteiger partial charge >= 0.3 is 0 Å². The lowest BCUT2D eigenvalue weighted by Crippen LogP contribution is -2.37. The lowest BCUT2D eigenvalue weighted by atomic mass is 9.73. The summed E-state index contributed by atoms with van der Waals surface area (Å²) in [5, 5.41) is 18.7. The second kappa shape index (κ2) is 6.32. The lowest BCUT2D eigenvalue weighted by Gasteiger charge is -2.42. The molecule has 1 aromatic carbocycles. The van der Waals surface area contributed by atoms with Crippen LogP contribution in [0.25, 0.3) is 0 Å². The first-order valence-corrected chi connectivity index (χ1v) is 6.48. The predicted molar refractivity (Wildman–Crippen MR) is 74.1 cm³/mol. The number of benzene rings is 1. The van der Waals surface area contributed by atoms with Crippen LogP contribution in [0.4, 0.5) is 0 Å². The summed E-state index contributed by atoms with van der Waals surface area (Å²) in [6.07, 6.45) is 0.00460. The molecular weight excluding hydrogens is 226 g/mol. The summed E-state index contributed by atoms with van der Waals surface area (Å²) in [7, 11) is 4.07. The van der Waals surface area contributed by atoms with E-state index in [-0.39, 0.29) is 11.5 Å². The summed E-state index contributed by atoms with van der Waals surface area (Å²) >= 11 is 0. The molecule has 0 radical (unpaired) electrons. The molecule has 2 N–H and O–H groups in total. The van der Waals surface area contributed by atoms with Crippen LogP contribution < -0.4 is 0 Å². The summed E-state index contributed by atoms with van der Waals surface area (Å²) in [6, 6.07) is 10.4. The first kappa shape index (κ1) is 15.2. The van der Waals surface area contributed by atoms with E-state index in [1.807, 2.05) is 32.3 Å². The molecule has 2 atom stereocenters. The fourth-order valence-electron chi connectivity index (χ4n) is 2.83. The van der Waals surface area contributed by atoms with Gasteiger partial charge in [-0.3, -0.25) is 0 Å². The van der Waals surface area contributed by atoms with Crippen molar-refractivity contribution in [2.75, 3.05) is 14.1 Å². The maximum absolute atomic E-state index is 9.33. The maximum atomic E-state index is 9.33. The molecule has 0 bridgehead atoms. The Morgan fingerprint density at radius 3 is 2.11 bits per heavy atom. The second-order valence-electron chi connectivity index (χ2n) is 5.47. The minimum atomic E-state index is -1.26. The molecule has 0 aromatic heterocycles. The minimum absolute atomic E-state index is 0.168. The summed E-state index contributed by atoms with van der Waals surface area (Å²) < 4.78 is 0. The van der Waals surface area contributed by atoms with Crippen LogP contribution in [0.5, 0.6) is 0 Å². The van der Waals surface area contributed by atoms with Gasteiger partial charge in [0.1, 0.15) is 0 Å². The minimum Gasteiger partial charge on any atom is -0.368 e. The van der Waals surface area contributed by atoms with E-state index in [0.717, 1.165) is 6.42 Å². The summed E-state index contributed by atoms with van der Waals surface area (Å²) in [4.78, 5) is 2.15. The van der Waals surface area contributed by atoms with E-state index in [1.165, 1.54) is 5.56 Å². The van der Waals surface area contributed by atoms with Gasteiger partial charge in [0.15, 0.2) is 6.29 Å². The highest BCUT2D eigenvalue weighted by molar-refractivity contribution is 5.21. The average Bonchev–Trinajstić information content (AvgIpc) is 2.29. The van der Waals surface area contributed by atoms with Gasteiger partial charge in [0.05, 0.1) is 0 Å². The average molecular weight is 251 g/mol. The molecule has 0 aliphatic rings. The van der Waals surface area contributed by atoms with Crippen molar-refractivity contribution >= 4 is 0 Å². The molecule has 0 aliphatic heterocycles. The number of hydrogen-bond acceptors (Lipinski definition) is 3. The Morgan fingerprint density at radius 2 is 1.72 bits per heavy atom. The smallest absolute Gasteiger partial charge is 0.152 e. The largest absolute Gasteiger partial charge is 0.368 e. The zero-order valence-electron chi connectivity index (χ0n) is 11.8. The molecule has 0 fully saturated rings. The van der Waals surface area contributed by atoms with Gasteiger partial charge in [-0.2, -0.15) is 0 Å². The van der Waals surface area contributed by atoms with Crippen molar-refractivity contribution in [2.45, 2.75) is 39.0 Å². The molecule has 3 nitrogen and oxygen atoms in total. The number of rotatable bonds is 6. The van der Waals surface area contributed by atoms with Crippen molar-refractivity contribution in [1.29, 1.82) is 0 Å². The van der Waals surface area contributed by atoms with E-state index >= 15 is 0 Å². The van der Waals surface area contributed by atoms with Crippen LogP contribution in [0.15, 0.2) is 30.3 Å². The normalized spacial score (nSPS) is 16.9. The Bertz CT molecular complexity index is 351. The quantitative estimate of drug-likeness (QED) is 0.763. The molecule has 0 saturated heterocycles. The monoisotopic (exact) mass is 251 g/mol. The Morgan fingerprint density at radius 1 is 1.17 bits per heavy atom. The van der Waals surface area contributed by atoms with Crippen molar-refractivity contribution in [2.24, 2.45) is 5.41 Å².